The van der Waals surface area contributed by atoms with Crippen molar-refractivity contribution in [1.82, 2.24) is 0 Å². The van der Waals surface area contributed by atoms with Gasteiger partial charge in [-0.15, -0.1) is 11.8 Å². The third-order valence-electron chi connectivity index (χ3n) is 6.20. The molecule has 4 aromatic rings. The Hall–Kier alpha value is -3.30. The Bertz CT molecular complexity index is 1050. The average molecular weight is 467 g/mol. The highest BCUT2D eigenvalue weighted by Crippen LogP contribution is 2.49. The minimum absolute atomic E-state index is 0.147. The number of aryl methyl sites for hydroxylation is 1. The van der Waals surface area contributed by atoms with Crippen molar-refractivity contribution in [2.75, 3.05) is 12.9 Å². The fraction of sp³-hybridized carbons (Fsp3) is 0.194. The van der Waals surface area contributed by atoms with Crippen LogP contribution in [0.3, 0.4) is 0 Å². The Morgan fingerprint density at radius 1 is 0.706 bits per heavy atom. The Morgan fingerprint density at radius 3 is 1.53 bits per heavy atom. The lowest BCUT2D eigenvalue weighted by molar-refractivity contribution is -0.144. The molecule has 0 spiro atoms. The van der Waals surface area contributed by atoms with Crippen LogP contribution in [0, 0.1) is 5.92 Å². The van der Waals surface area contributed by atoms with Crippen molar-refractivity contribution in [3.05, 3.63) is 144 Å². The number of rotatable bonds is 10. The molecule has 0 N–H and O–H groups in total. The number of hydrogen-bond donors (Lipinski definition) is 0. The predicted octanol–water partition coefficient (Wildman–Crippen LogP) is 7.13. The zero-order chi connectivity index (χ0) is 23.6. The molecule has 3 heteroatoms. The fourth-order valence-corrected chi connectivity index (χ4v) is 6.08. The van der Waals surface area contributed by atoms with E-state index in [1.54, 1.807) is 0 Å². The summed E-state index contributed by atoms with van der Waals surface area (Å²) in [5.74, 6) is 0.301. The highest BCUT2D eigenvalue weighted by Gasteiger charge is 2.38. The van der Waals surface area contributed by atoms with Gasteiger partial charge >= 0.3 is 5.97 Å². The van der Waals surface area contributed by atoms with E-state index in [1.165, 1.54) is 29.4 Å². The minimum Gasteiger partial charge on any atom is -0.469 e. The van der Waals surface area contributed by atoms with Crippen molar-refractivity contribution in [2.24, 2.45) is 5.92 Å². The lowest BCUT2D eigenvalue weighted by Crippen LogP contribution is -2.29. The summed E-state index contributed by atoms with van der Waals surface area (Å²) >= 11 is 1.81. The maximum absolute atomic E-state index is 12.8. The van der Waals surface area contributed by atoms with Gasteiger partial charge in [0.05, 0.1) is 17.8 Å². The molecule has 4 rings (SSSR count). The van der Waals surface area contributed by atoms with Gasteiger partial charge in [-0.25, -0.2) is 0 Å². The molecule has 0 fully saturated rings. The van der Waals surface area contributed by atoms with Crippen molar-refractivity contribution in [1.29, 1.82) is 0 Å². The van der Waals surface area contributed by atoms with Crippen molar-refractivity contribution in [2.45, 2.75) is 17.6 Å². The molecule has 0 aliphatic carbocycles. The highest BCUT2D eigenvalue weighted by atomic mass is 32.2. The number of ether oxygens (including phenoxy) is 1. The zero-order valence-corrected chi connectivity index (χ0v) is 20.3. The summed E-state index contributed by atoms with van der Waals surface area (Å²) in [5, 5.41) is 0. The van der Waals surface area contributed by atoms with Gasteiger partial charge in [-0.05, 0) is 35.1 Å². The molecule has 0 heterocycles. The summed E-state index contributed by atoms with van der Waals surface area (Å²) in [5.41, 5.74) is 4.83. The summed E-state index contributed by atoms with van der Waals surface area (Å²) < 4.78 is 4.79. The van der Waals surface area contributed by atoms with Gasteiger partial charge in [-0.1, -0.05) is 121 Å². The van der Waals surface area contributed by atoms with Gasteiger partial charge in [0.1, 0.15) is 0 Å². The van der Waals surface area contributed by atoms with Crippen molar-refractivity contribution < 1.29 is 9.53 Å². The quantitative estimate of drug-likeness (QED) is 0.184. The topological polar surface area (TPSA) is 26.3 Å². The lowest BCUT2D eigenvalue weighted by atomic mass is 9.84. The maximum Gasteiger partial charge on any atom is 0.309 e. The standard InChI is InChI=1S/C31H30O2S/c1-33-30(32)26(23-22-25-14-6-2-7-15-25)24-34-31(27-16-8-3-9-17-27,28-18-10-4-11-19-28)29-20-12-5-13-21-29/h2-21,26H,22-24H2,1H3/t26-/m0/s1. The molecule has 4 aromatic carbocycles. The Kier molecular flexibility index (Phi) is 8.21. The van der Waals surface area contributed by atoms with E-state index >= 15 is 0 Å². The second-order valence-electron chi connectivity index (χ2n) is 8.33. The van der Waals surface area contributed by atoms with Gasteiger partial charge in [-0.3, -0.25) is 4.79 Å². The molecule has 0 amide bonds. The second kappa shape index (κ2) is 11.7. The first-order valence-electron chi connectivity index (χ1n) is 11.7. The summed E-state index contributed by atoms with van der Waals surface area (Å²) in [6.07, 6.45) is 1.59. The molecule has 0 saturated carbocycles. The largest absolute Gasteiger partial charge is 0.469 e. The average Bonchev–Trinajstić information content (AvgIpc) is 2.92. The monoisotopic (exact) mass is 466 g/mol. The van der Waals surface area contributed by atoms with Crippen LogP contribution in [0.1, 0.15) is 28.7 Å². The van der Waals surface area contributed by atoms with E-state index in [2.05, 4.69) is 84.9 Å². The van der Waals surface area contributed by atoms with Crippen LogP contribution in [0.2, 0.25) is 0 Å². The van der Waals surface area contributed by atoms with Crippen molar-refractivity contribution in [3.63, 3.8) is 0 Å². The van der Waals surface area contributed by atoms with Gasteiger partial charge in [0.25, 0.3) is 0 Å². The Morgan fingerprint density at radius 2 is 1.12 bits per heavy atom. The molecule has 0 unspecified atom stereocenters. The molecule has 0 aliphatic heterocycles. The summed E-state index contributed by atoms with van der Waals surface area (Å²) in [7, 11) is 1.49. The first-order chi connectivity index (χ1) is 16.7. The van der Waals surface area contributed by atoms with Crippen molar-refractivity contribution in [3.8, 4) is 0 Å². The third-order valence-corrected chi connectivity index (χ3v) is 7.91. The van der Waals surface area contributed by atoms with Gasteiger partial charge in [-0.2, -0.15) is 0 Å². The first kappa shape index (κ1) is 23.8. The molecule has 0 saturated heterocycles. The minimum atomic E-state index is -0.442. The predicted molar refractivity (Wildman–Crippen MR) is 142 cm³/mol. The van der Waals surface area contributed by atoms with E-state index < -0.39 is 4.75 Å². The molecular weight excluding hydrogens is 436 g/mol. The van der Waals surface area contributed by atoms with E-state index in [9.17, 15) is 4.79 Å². The van der Waals surface area contributed by atoms with E-state index in [4.69, 9.17) is 4.74 Å². The second-order valence-corrected chi connectivity index (χ2v) is 9.57. The van der Waals surface area contributed by atoms with Crippen LogP contribution < -0.4 is 0 Å². The molecule has 0 aliphatic rings. The number of benzene rings is 4. The fourth-order valence-electron chi connectivity index (χ4n) is 4.42. The number of carbonyl (C=O) groups is 1. The van der Waals surface area contributed by atoms with Crippen LogP contribution in [0.4, 0.5) is 0 Å². The van der Waals surface area contributed by atoms with Crippen LogP contribution in [0.5, 0.6) is 0 Å². The molecule has 172 valence electrons. The third kappa shape index (κ3) is 5.43. The highest BCUT2D eigenvalue weighted by molar-refractivity contribution is 8.00. The Balaban J connectivity index is 1.72. The van der Waals surface area contributed by atoms with Gasteiger partial charge < -0.3 is 4.74 Å². The van der Waals surface area contributed by atoms with Gasteiger partial charge in [0.2, 0.25) is 0 Å². The van der Waals surface area contributed by atoms with Crippen molar-refractivity contribution >= 4 is 17.7 Å². The molecule has 0 radical (unpaired) electrons. The summed E-state index contributed by atoms with van der Waals surface area (Å²) in [6.45, 7) is 0. The van der Waals surface area contributed by atoms with Gasteiger partial charge in [0.15, 0.2) is 0 Å². The SMILES string of the molecule is COC(=O)[C@@H](CCc1ccccc1)CSC(c1ccccc1)(c1ccccc1)c1ccccc1. The number of esters is 1. The van der Waals surface area contributed by atoms with E-state index in [1.807, 2.05) is 48.2 Å². The number of thioether (sulfide) groups is 1. The van der Waals surface area contributed by atoms with Crippen LogP contribution in [0.25, 0.3) is 0 Å². The van der Waals surface area contributed by atoms with E-state index in [-0.39, 0.29) is 11.9 Å². The zero-order valence-electron chi connectivity index (χ0n) is 19.5. The molecule has 0 aromatic heterocycles. The van der Waals surface area contributed by atoms with Crippen LogP contribution in [0.15, 0.2) is 121 Å². The van der Waals surface area contributed by atoms with E-state index in [0.717, 1.165) is 12.8 Å². The number of carbonyl (C=O) groups excluding carboxylic acids is 1. The molecule has 0 bridgehead atoms. The van der Waals surface area contributed by atoms with Crippen LogP contribution >= 0.6 is 11.8 Å². The summed E-state index contributed by atoms with van der Waals surface area (Å²) in [6, 6.07) is 42.1. The lowest BCUT2D eigenvalue weighted by Gasteiger charge is -2.36. The smallest absolute Gasteiger partial charge is 0.309 e. The summed E-state index contributed by atoms with van der Waals surface area (Å²) in [4.78, 5) is 12.8. The molecule has 1 atom stereocenters. The number of hydrogen-bond acceptors (Lipinski definition) is 3. The number of methoxy groups -OCH3 is 1. The normalized spacial score (nSPS) is 12.1. The van der Waals surface area contributed by atoms with E-state index in [0.29, 0.717) is 5.75 Å². The Labute approximate surface area is 207 Å². The maximum atomic E-state index is 12.8. The molecule has 2 nitrogen and oxygen atoms in total. The van der Waals surface area contributed by atoms with Crippen LogP contribution in [-0.4, -0.2) is 18.8 Å². The molecular formula is C31H30O2S. The van der Waals surface area contributed by atoms with Gasteiger partial charge in [0, 0.05) is 5.75 Å². The molecule has 34 heavy (non-hydrogen) atoms. The van der Waals surface area contributed by atoms with Crippen LogP contribution in [-0.2, 0) is 20.7 Å². The first-order valence-corrected chi connectivity index (χ1v) is 12.6.